The maximum Gasteiger partial charge on any atom is 0.205 e. The zero-order valence-electron chi connectivity index (χ0n) is 15.6. The number of nitrogens with two attached hydrogens (primary N) is 1. The van der Waals surface area contributed by atoms with Gasteiger partial charge in [0.2, 0.25) is 5.82 Å². The number of hydrogen-bond donors (Lipinski definition) is 2. The molecule has 0 amide bonds. The van der Waals surface area contributed by atoms with E-state index in [-0.39, 0.29) is 5.92 Å². The Morgan fingerprint density at radius 2 is 1.76 bits per heavy atom. The number of benzene rings is 3. The number of aromatic nitrogens is 4. The van der Waals surface area contributed by atoms with E-state index in [1.807, 2.05) is 54.6 Å². The molecule has 4 aromatic rings. The van der Waals surface area contributed by atoms with Gasteiger partial charge in [-0.2, -0.15) is 5.21 Å². The fraction of sp³-hybridized carbons (Fsp3) is 0.0870. The van der Waals surface area contributed by atoms with Crippen molar-refractivity contribution in [3.8, 4) is 28.3 Å². The van der Waals surface area contributed by atoms with Crippen LogP contribution in [0.5, 0.6) is 5.75 Å². The van der Waals surface area contributed by atoms with Gasteiger partial charge in [0.1, 0.15) is 12.4 Å². The van der Waals surface area contributed by atoms with Gasteiger partial charge in [-0.05, 0) is 34.0 Å². The maximum atomic E-state index is 6.46. The third-order valence-electron chi connectivity index (χ3n) is 5.12. The summed E-state index contributed by atoms with van der Waals surface area (Å²) in [5, 5.41) is 14.5. The van der Waals surface area contributed by atoms with Crippen molar-refractivity contribution < 1.29 is 4.74 Å². The number of rotatable bonds is 3. The summed E-state index contributed by atoms with van der Waals surface area (Å²) >= 11 is 0. The Kier molecular flexibility index (Phi) is 4.29. The molecule has 0 saturated heterocycles. The van der Waals surface area contributed by atoms with Gasteiger partial charge in [-0.25, -0.2) is 0 Å². The molecule has 142 valence electrons. The van der Waals surface area contributed by atoms with Crippen LogP contribution in [0.4, 0.5) is 5.69 Å². The summed E-state index contributed by atoms with van der Waals surface area (Å²) in [6, 6.07) is 22.4. The number of nitrogens with one attached hydrogen (secondary N) is 1. The Labute approximate surface area is 168 Å². The summed E-state index contributed by atoms with van der Waals surface area (Å²) in [4.78, 5) is 0. The number of tetrazole rings is 1. The third-order valence-corrected chi connectivity index (χ3v) is 5.12. The molecule has 2 heterocycles. The molecule has 3 aromatic carbocycles. The molecule has 0 fully saturated rings. The van der Waals surface area contributed by atoms with E-state index < -0.39 is 0 Å². The van der Waals surface area contributed by atoms with E-state index in [0.29, 0.717) is 18.1 Å². The number of anilines is 1. The maximum absolute atomic E-state index is 6.46. The minimum atomic E-state index is 0.0632. The van der Waals surface area contributed by atoms with E-state index >= 15 is 0 Å². The second kappa shape index (κ2) is 7.24. The van der Waals surface area contributed by atoms with Crippen molar-refractivity contribution in [3.05, 3.63) is 90.0 Å². The van der Waals surface area contributed by atoms with E-state index in [4.69, 9.17) is 10.5 Å². The normalized spacial score (nSPS) is 15.4. The van der Waals surface area contributed by atoms with Gasteiger partial charge in [-0.1, -0.05) is 66.7 Å². The van der Waals surface area contributed by atoms with Crippen LogP contribution in [0.3, 0.4) is 0 Å². The molecule has 0 bridgehead atoms. The fourth-order valence-electron chi connectivity index (χ4n) is 3.81. The first-order chi connectivity index (χ1) is 14.3. The van der Waals surface area contributed by atoms with Crippen LogP contribution in [-0.2, 0) is 0 Å². The summed E-state index contributed by atoms with van der Waals surface area (Å²) in [7, 11) is 0. The number of ether oxygens (including phenoxy) is 1. The number of H-pyrrole nitrogens is 1. The van der Waals surface area contributed by atoms with Gasteiger partial charge in [0.15, 0.2) is 0 Å². The van der Waals surface area contributed by atoms with Crippen molar-refractivity contribution >= 4 is 5.69 Å². The first-order valence-corrected chi connectivity index (χ1v) is 9.42. The fourth-order valence-corrected chi connectivity index (χ4v) is 3.81. The Balaban J connectivity index is 1.70. The Morgan fingerprint density at radius 3 is 2.55 bits per heavy atom. The predicted octanol–water partition coefficient (Wildman–Crippen LogP) is 4.20. The van der Waals surface area contributed by atoms with Crippen LogP contribution in [0.1, 0.15) is 17.0 Å². The molecule has 0 unspecified atom stereocenters. The van der Waals surface area contributed by atoms with Gasteiger partial charge in [-0.3, -0.25) is 0 Å². The molecule has 0 spiro atoms. The van der Waals surface area contributed by atoms with Crippen molar-refractivity contribution in [2.75, 3.05) is 12.3 Å². The van der Waals surface area contributed by atoms with Gasteiger partial charge in [0.05, 0.1) is 5.69 Å². The number of hydrogen-bond acceptors (Lipinski definition) is 5. The van der Waals surface area contributed by atoms with Crippen LogP contribution in [0.25, 0.3) is 22.5 Å². The van der Waals surface area contributed by atoms with Crippen LogP contribution in [0, 0.1) is 0 Å². The largest absolute Gasteiger partial charge is 0.487 e. The summed E-state index contributed by atoms with van der Waals surface area (Å²) in [5.74, 6) is 1.35. The summed E-state index contributed by atoms with van der Waals surface area (Å²) in [6.45, 7) is 0.499. The molecular formula is C23H19N5O. The number of aromatic amines is 1. The highest BCUT2D eigenvalue weighted by molar-refractivity contribution is 5.83. The zero-order chi connectivity index (χ0) is 19.6. The van der Waals surface area contributed by atoms with Crippen molar-refractivity contribution in [2.45, 2.75) is 5.92 Å². The van der Waals surface area contributed by atoms with Crippen molar-refractivity contribution in [1.82, 2.24) is 20.6 Å². The first kappa shape index (κ1) is 17.2. The third kappa shape index (κ3) is 3.14. The van der Waals surface area contributed by atoms with Crippen molar-refractivity contribution in [1.29, 1.82) is 0 Å². The van der Waals surface area contributed by atoms with E-state index in [1.165, 1.54) is 5.56 Å². The molecule has 0 radical (unpaired) electrons. The van der Waals surface area contributed by atoms with Crippen molar-refractivity contribution in [2.24, 2.45) is 0 Å². The van der Waals surface area contributed by atoms with Crippen LogP contribution < -0.4 is 10.5 Å². The Hall–Kier alpha value is -3.93. The quantitative estimate of drug-likeness (QED) is 0.410. The number of fused-ring (bicyclic) bond motifs is 1. The average molecular weight is 381 g/mol. The zero-order valence-corrected chi connectivity index (χ0v) is 15.6. The minimum absolute atomic E-state index is 0.0632. The van der Waals surface area contributed by atoms with E-state index in [2.05, 4.69) is 44.9 Å². The lowest BCUT2D eigenvalue weighted by atomic mass is 9.87. The topological polar surface area (TPSA) is 89.7 Å². The average Bonchev–Trinajstić information content (AvgIpc) is 3.21. The second-order valence-corrected chi connectivity index (χ2v) is 6.89. The van der Waals surface area contributed by atoms with E-state index in [9.17, 15) is 0 Å². The molecule has 6 nitrogen and oxygen atoms in total. The minimum Gasteiger partial charge on any atom is -0.487 e. The monoisotopic (exact) mass is 381 g/mol. The molecule has 3 N–H and O–H groups in total. The van der Waals surface area contributed by atoms with Crippen LogP contribution >= 0.6 is 0 Å². The Morgan fingerprint density at radius 1 is 0.966 bits per heavy atom. The van der Waals surface area contributed by atoms with Crippen LogP contribution in [0.2, 0.25) is 0 Å². The van der Waals surface area contributed by atoms with E-state index in [1.54, 1.807) is 0 Å². The molecule has 1 aromatic heterocycles. The highest BCUT2D eigenvalue weighted by atomic mass is 16.5. The molecule has 1 atom stereocenters. The number of allylic oxidation sites excluding steroid dienone is 1. The van der Waals surface area contributed by atoms with Crippen molar-refractivity contribution in [3.63, 3.8) is 0 Å². The standard InChI is InChI=1S/C23H19N5O/c24-21-14-16(18-9-4-5-10-19(18)23-25-27-28-26-23)13-20-17(11-6-12-29-22(20)21)15-7-2-1-3-8-15/h1-11,13-14,17H,12,24H2,(H,25,26,27,28)/t17-/m1/s1. The molecule has 6 heteroatoms. The summed E-state index contributed by atoms with van der Waals surface area (Å²) in [5.41, 5.74) is 12.2. The lowest BCUT2D eigenvalue weighted by Gasteiger charge is -2.19. The lowest BCUT2D eigenvalue weighted by Crippen LogP contribution is -2.04. The highest BCUT2D eigenvalue weighted by Gasteiger charge is 2.22. The number of nitrogen functional groups attached to an aromatic ring is 1. The SMILES string of the molecule is Nc1cc(-c2ccccc2-c2nn[nH]n2)cc2c1OCC=C[C@@H]2c1ccccc1. The molecule has 1 aliphatic rings. The van der Waals surface area contributed by atoms with Gasteiger partial charge in [0, 0.05) is 17.0 Å². The summed E-state index contributed by atoms with van der Waals surface area (Å²) in [6.07, 6.45) is 4.22. The molecule has 0 aliphatic carbocycles. The molecular weight excluding hydrogens is 362 g/mol. The number of nitrogens with zero attached hydrogens (tertiary/aromatic N) is 3. The van der Waals surface area contributed by atoms with Gasteiger partial charge in [0.25, 0.3) is 0 Å². The predicted molar refractivity (Wildman–Crippen MR) is 112 cm³/mol. The Bertz CT molecular complexity index is 1170. The van der Waals surface area contributed by atoms with Crippen LogP contribution in [-0.4, -0.2) is 27.2 Å². The molecule has 5 rings (SSSR count). The lowest BCUT2D eigenvalue weighted by molar-refractivity contribution is 0.364. The smallest absolute Gasteiger partial charge is 0.205 e. The first-order valence-electron chi connectivity index (χ1n) is 9.42. The highest BCUT2D eigenvalue weighted by Crippen LogP contribution is 2.42. The molecule has 29 heavy (non-hydrogen) atoms. The summed E-state index contributed by atoms with van der Waals surface area (Å²) < 4.78 is 5.97. The second-order valence-electron chi connectivity index (χ2n) is 6.89. The van der Waals surface area contributed by atoms with Gasteiger partial charge < -0.3 is 10.5 Å². The van der Waals surface area contributed by atoms with Gasteiger partial charge in [-0.15, -0.1) is 10.2 Å². The van der Waals surface area contributed by atoms with E-state index in [0.717, 1.165) is 28.0 Å². The van der Waals surface area contributed by atoms with Crippen LogP contribution in [0.15, 0.2) is 78.9 Å². The molecule has 1 aliphatic heterocycles. The van der Waals surface area contributed by atoms with Gasteiger partial charge >= 0.3 is 0 Å². The molecule has 0 saturated carbocycles.